The van der Waals surface area contributed by atoms with Crippen LogP contribution < -0.4 is 5.32 Å². The lowest BCUT2D eigenvalue weighted by Crippen LogP contribution is -2.30. The molecule has 96 valence electrons. The molecule has 4 heteroatoms. The summed E-state index contributed by atoms with van der Waals surface area (Å²) in [5.41, 5.74) is 1.04. The lowest BCUT2D eigenvalue weighted by Gasteiger charge is -2.24. The van der Waals surface area contributed by atoms with Gasteiger partial charge in [-0.2, -0.15) is 0 Å². The molecule has 1 N–H and O–H groups in total. The molecule has 0 aromatic carbocycles. The number of hydrogen-bond donors (Lipinski definition) is 1. The zero-order valence-corrected chi connectivity index (χ0v) is 11.1. The molecule has 2 rings (SSSR count). The minimum Gasteiger partial charge on any atom is -0.373 e. The summed E-state index contributed by atoms with van der Waals surface area (Å²) in [6.45, 7) is 9.13. The number of nitrogens with zero attached hydrogens (tertiary/aromatic N) is 2. The number of rotatable bonds is 5. The van der Waals surface area contributed by atoms with Crippen LogP contribution in [0.4, 0.5) is 5.95 Å². The van der Waals surface area contributed by atoms with E-state index in [1.54, 1.807) is 0 Å². The van der Waals surface area contributed by atoms with Crippen LogP contribution >= 0.6 is 0 Å². The first-order valence-electron chi connectivity index (χ1n) is 6.54. The van der Waals surface area contributed by atoms with Crippen molar-refractivity contribution in [1.29, 1.82) is 0 Å². The third-order valence-corrected chi connectivity index (χ3v) is 3.24. The molecule has 2 heterocycles. The molecular formula is C13H23N3O. The van der Waals surface area contributed by atoms with Gasteiger partial charge in [-0.25, -0.2) is 4.98 Å². The fourth-order valence-corrected chi connectivity index (χ4v) is 2.37. The van der Waals surface area contributed by atoms with Gasteiger partial charge in [0.05, 0.1) is 17.8 Å². The standard InChI is InChI=1S/C13H23N3O/c1-4-7-14-12-15-11(2)9-16(12)10-13(3)6-5-8-17-13/h9H,4-8,10H2,1-3H3,(H,14,15). The number of nitrogens with one attached hydrogen (secondary N) is 1. The highest BCUT2D eigenvalue weighted by molar-refractivity contribution is 5.28. The van der Waals surface area contributed by atoms with Crippen LogP contribution in [0.5, 0.6) is 0 Å². The summed E-state index contributed by atoms with van der Waals surface area (Å²) >= 11 is 0. The van der Waals surface area contributed by atoms with Crippen LogP contribution in [0.3, 0.4) is 0 Å². The van der Waals surface area contributed by atoms with Gasteiger partial charge in [-0.15, -0.1) is 0 Å². The van der Waals surface area contributed by atoms with Gasteiger partial charge in [-0.05, 0) is 33.1 Å². The van der Waals surface area contributed by atoms with Gasteiger partial charge in [-0.3, -0.25) is 0 Å². The van der Waals surface area contributed by atoms with E-state index >= 15 is 0 Å². The highest BCUT2D eigenvalue weighted by atomic mass is 16.5. The van der Waals surface area contributed by atoms with Crippen LogP contribution in [-0.2, 0) is 11.3 Å². The average Bonchev–Trinajstić information content (AvgIpc) is 2.83. The summed E-state index contributed by atoms with van der Waals surface area (Å²) in [6, 6.07) is 0. The number of aromatic nitrogens is 2. The Balaban J connectivity index is 2.08. The highest BCUT2D eigenvalue weighted by Crippen LogP contribution is 2.28. The fraction of sp³-hybridized carbons (Fsp3) is 0.769. The van der Waals surface area contributed by atoms with Gasteiger partial charge in [0, 0.05) is 19.3 Å². The van der Waals surface area contributed by atoms with Crippen molar-refractivity contribution >= 4 is 5.95 Å². The second-order valence-electron chi connectivity index (χ2n) is 5.16. The molecule has 0 amide bonds. The first-order valence-corrected chi connectivity index (χ1v) is 6.54. The van der Waals surface area contributed by atoms with E-state index in [-0.39, 0.29) is 5.60 Å². The van der Waals surface area contributed by atoms with E-state index in [1.807, 2.05) is 6.92 Å². The molecule has 0 aliphatic carbocycles. The van der Waals surface area contributed by atoms with E-state index in [9.17, 15) is 0 Å². The molecule has 0 saturated carbocycles. The highest BCUT2D eigenvalue weighted by Gasteiger charge is 2.30. The Kier molecular flexibility index (Phi) is 3.72. The van der Waals surface area contributed by atoms with Crippen molar-refractivity contribution in [2.75, 3.05) is 18.5 Å². The molecule has 1 unspecified atom stereocenters. The normalized spacial score (nSPS) is 24.2. The molecule has 1 aromatic heterocycles. The summed E-state index contributed by atoms with van der Waals surface area (Å²) in [5, 5.41) is 3.37. The van der Waals surface area contributed by atoms with Crippen molar-refractivity contribution in [2.24, 2.45) is 0 Å². The largest absolute Gasteiger partial charge is 0.373 e. The summed E-state index contributed by atoms with van der Waals surface area (Å²) in [5.74, 6) is 0.973. The van der Waals surface area contributed by atoms with E-state index in [0.717, 1.165) is 44.2 Å². The van der Waals surface area contributed by atoms with Crippen LogP contribution in [0.15, 0.2) is 6.20 Å². The van der Waals surface area contributed by atoms with Crippen molar-refractivity contribution in [3.05, 3.63) is 11.9 Å². The monoisotopic (exact) mass is 237 g/mol. The fourth-order valence-electron chi connectivity index (χ4n) is 2.37. The third kappa shape index (κ3) is 3.00. The topological polar surface area (TPSA) is 39.1 Å². The van der Waals surface area contributed by atoms with Crippen molar-refractivity contribution in [3.8, 4) is 0 Å². The van der Waals surface area contributed by atoms with Gasteiger partial charge >= 0.3 is 0 Å². The van der Waals surface area contributed by atoms with Gasteiger partial charge in [-0.1, -0.05) is 6.92 Å². The number of imidazole rings is 1. The first kappa shape index (κ1) is 12.4. The van der Waals surface area contributed by atoms with Gasteiger partial charge in [0.2, 0.25) is 5.95 Å². The molecule has 0 spiro atoms. The minimum atomic E-state index is -0.0181. The van der Waals surface area contributed by atoms with E-state index in [2.05, 4.69) is 34.9 Å². The average molecular weight is 237 g/mol. The maximum Gasteiger partial charge on any atom is 0.203 e. The molecule has 1 aliphatic rings. The molecule has 0 radical (unpaired) electrons. The van der Waals surface area contributed by atoms with Crippen LogP contribution in [0, 0.1) is 6.92 Å². The molecule has 4 nitrogen and oxygen atoms in total. The van der Waals surface area contributed by atoms with E-state index in [0.29, 0.717) is 0 Å². The van der Waals surface area contributed by atoms with Crippen molar-refractivity contribution in [1.82, 2.24) is 9.55 Å². The minimum absolute atomic E-state index is 0.0181. The SMILES string of the molecule is CCCNc1nc(C)cn1CC1(C)CCCO1. The zero-order chi connectivity index (χ0) is 12.3. The molecule has 17 heavy (non-hydrogen) atoms. The lowest BCUT2D eigenvalue weighted by atomic mass is 10.0. The Hall–Kier alpha value is -1.03. The number of hydrogen-bond acceptors (Lipinski definition) is 3. The van der Waals surface area contributed by atoms with Crippen molar-refractivity contribution < 1.29 is 4.74 Å². The second-order valence-corrected chi connectivity index (χ2v) is 5.16. The van der Waals surface area contributed by atoms with Crippen LogP contribution in [0.2, 0.25) is 0 Å². The number of aryl methyl sites for hydroxylation is 1. The molecule has 1 atom stereocenters. The third-order valence-electron chi connectivity index (χ3n) is 3.24. The Morgan fingerprint density at radius 3 is 3.06 bits per heavy atom. The van der Waals surface area contributed by atoms with Crippen molar-refractivity contribution in [2.45, 2.75) is 52.2 Å². The molecule has 1 fully saturated rings. The number of ether oxygens (including phenoxy) is 1. The van der Waals surface area contributed by atoms with Crippen LogP contribution in [-0.4, -0.2) is 28.3 Å². The Labute approximate surface area is 103 Å². The molecule has 1 saturated heterocycles. The van der Waals surface area contributed by atoms with Crippen LogP contribution in [0.1, 0.15) is 38.8 Å². The Bertz CT molecular complexity index is 367. The Morgan fingerprint density at radius 2 is 2.41 bits per heavy atom. The lowest BCUT2D eigenvalue weighted by molar-refractivity contribution is 0.00663. The predicted molar refractivity (Wildman–Crippen MR) is 69.3 cm³/mol. The summed E-state index contributed by atoms with van der Waals surface area (Å²) in [7, 11) is 0. The van der Waals surface area contributed by atoms with Crippen LogP contribution in [0.25, 0.3) is 0 Å². The molecule has 1 aromatic rings. The summed E-state index contributed by atoms with van der Waals surface area (Å²) in [6.07, 6.45) is 5.52. The molecule has 1 aliphatic heterocycles. The smallest absolute Gasteiger partial charge is 0.203 e. The molecule has 0 bridgehead atoms. The maximum atomic E-state index is 5.84. The molecular weight excluding hydrogens is 214 g/mol. The first-order chi connectivity index (χ1) is 8.13. The predicted octanol–water partition coefficient (Wildman–Crippen LogP) is 2.58. The van der Waals surface area contributed by atoms with E-state index < -0.39 is 0 Å². The Morgan fingerprint density at radius 1 is 1.59 bits per heavy atom. The number of anilines is 1. The second kappa shape index (κ2) is 5.08. The quantitative estimate of drug-likeness (QED) is 0.855. The summed E-state index contributed by atoms with van der Waals surface area (Å²) in [4.78, 5) is 4.52. The summed E-state index contributed by atoms with van der Waals surface area (Å²) < 4.78 is 8.03. The van der Waals surface area contributed by atoms with Gasteiger partial charge < -0.3 is 14.6 Å². The van der Waals surface area contributed by atoms with Gasteiger partial charge in [0.1, 0.15) is 0 Å². The van der Waals surface area contributed by atoms with E-state index in [1.165, 1.54) is 6.42 Å². The van der Waals surface area contributed by atoms with Gasteiger partial charge in [0.15, 0.2) is 0 Å². The maximum absolute atomic E-state index is 5.84. The van der Waals surface area contributed by atoms with Crippen molar-refractivity contribution in [3.63, 3.8) is 0 Å². The zero-order valence-electron chi connectivity index (χ0n) is 11.1. The van der Waals surface area contributed by atoms with E-state index in [4.69, 9.17) is 4.74 Å². The van der Waals surface area contributed by atoms with Gasteiger partial charge in [0.25, 0.3) is 0 Å².